The number of anilines is 1. The molecule has 1 saturated carbocycles. The number of nitrogens with zero attached hydrogens (tertiary/aromatic N) is 7. The predicted molar refractivity (Wildman–Crippen MR) is 81.4 cm³/mol. The summed E-state index contributed by atoms with van der Waals surface area (Å²) in [5.41, 5.74) is 0.771. The lowest BCUT2D eigenvalue weighted by Crippen LogP contribution is -2.21. The van der Waals surface area contributed by atoms with E-state index < -0.39 is 0 Å². The van der Waals surface area contributed by atoms with E-state index in [0.717, 1.165) is 48.5 Å². The summed E-state index contributed by atoms with van der Waals surface area (Å²) in [5.74, 6) is 4.11. The Labute approximate surface area is 132 Å². The molecule has 0 bridgehead atoms. The van der Waals surface area contributed by atoms with E-state index in [9.17, 15) is 0 Å². The smallest absolute Gasteiger partial charge is 0.231 e. The van der Waals surface area contributed by atoms with Crippen LogP contribution in [0.5, 0.6) is 0 Å². The molecule has 0 spiro atoms. The van der Waals surface area contributed by atoms with Crippen LogP contribution in [0.2, 0.25) is 0 Å². The number of aromatic nitrogens is 6. The van der Waals surface area contributed by atoms with Crippen molar-refractivity contribution in [3.63, 3.8) is 0 Å². The van der Waals surface area contributed by atoms with Gasteiger partial charge in [-0.15, -0.1) is 14.8 Å². The Morgan fingerprint density at radius 2 is 2.00 bits per heavy atom. The number of fused-ring (bicyclic) bond motifs is 1. The van der Waals surface area contributed by atoms with E-state index in [1.165, 1.54) is 12.8 Å². The van der Waals surface area contributed by atoms with Crippen LogP contribution >= 0.6 is 0 Å². The van der Waals surface area contributed by atoms with Gasteiger partial charge in [0.05, 0.1) is 5.92 Å². The second kappa shape index (κ2) is 4.74. The van der Waals surface area contributed by atoms with Crippen LogP contribution in [0.1, 0.15) is 48.6 Å². The van der Waals surface area contributed by atoms with Crippen LogP contribution in [0.25, 0.3) is 5.65 Å². The fourth-order valence-electron chi connectivity index (χ4n) is 3.14. The summed E-state index contributed by atoms with van der Waals surface area (Å²) in [7, 11) is 0. The monoisotopic (exact) mass is 311 g/mol. The van der Waals surface area contributed by atoms with Gasteiger partial charge >= 0.3 is 0 Å². The molecule has 0 radical (unpaired) electrons. The normalized spacial score (nSPS) is 21.4. The van der Waals surface area contributed by atoms with Gasteiger partial charge in [-0.1, -0.05) is 5.16 Å². The molecule has 0 N–H and O–H groups in total. The lowest BCUT2D eigenvalue weighted by atomic mass is 10.1. The molecule has 1 unspecified atom stereocenters. The van der Waals surface area contributed by atoms with E-state index in [-0.39, 0.29) is 5.92 Å². The number of rotatable bonds is 3. The highest BCUT2D eigenvalue weighted by molar-refractivity contribution is 5.46. The van der Waals surface area contributed by atoms with Crippen molar-refractivity contribution < 1.29 is 4.52 Å². The molecule has 3 aromatic rings. The molecule has 1 saturated heterocycles. The third kappa shape index (κ3) is 2.25. The van der Waals surface area contributed by atoms with Crippen molar-refractivity contribution in [1.82, 2.24) is 30.0 Å². The average molecular weight is 311 g/mol. The van der Waals surface area contributed by atoms with Crippen molar-refractivity contribution in [3.05, 3.63) is 29.7 Å². The average Bonchev–Trinajstić information content (AvgIpc) is 2.99. The van der Waals surface area contributed by atoms with Crippen molar-refractivity contribution in [2.24, 2.45) is 0 Å². The molecule has 118 valence electrons. The molecular formula is C15H17N7O. The zero-order chi connectivity index (χ0) is 15.4. The Morgan fingerprint density at radius 1 is 1.09 bits per heavy atom. The maximum absolute atomic E-state index is 5.47. The van der Waals surface area contributed by atoms with Gasteiger partial charge in [-0.05, 0) is 38.3 Å². The highest BCUT2D eigenvalue weighted by atomic mass is 16.5. The van der Waals surface area contributed by atoms with Crippen LogP contribution in [0.3, 0.4) is 0 Å². The summed E-state index contributed by atoms with van der Waals surface area (Å²) in [6, 6.07) is 3.95. The SMILES string of the molecule is Cc1nc2ccc(N3CCC(c4nc(C5CC5)no4)C3)nn2n1. The molecule has 1 aliphatic carbocycles. The van der Waals surface area contributed by atoms with E-state index in [1.54, 1.807) is 4.63 Å². The fourth-order valence-corrected chi connectivity index (χ4v) is 3.14. The lowest BCUT2D eigenvalue weighted by Gasteiger charge is -2.16. The van der Waals surface area contributed by atoms with Crippen LogP contribution in [-0.4, -0.2) is 43.0 Å². The van der Waals surface area contributed by atoms with Gasteiger partial charge < -0.3 is 9.42 Å². The minimum Gasteiger partial charge on any atom is -0.354 e. The predicted octanol–water partition coefficient (Wildman–Crippen LogP) is 1.69. The second-order valence-electron chi connectivity index (χ2n) is 6.39. The summed E-state index contributed by atoms with van der Waals surface area (Å²) in [4.78, 5) is 11.1. The number of hydrogen-bond donors (Lipinski definition) is 0. The molecule has 3 aromatic heterocycles. The van der Waals surface area contributed by atoms with Gasteiger partial charge in [0.25, 0.3) is 0 Å². The quantitative estimate of drug-likeness (QED) is 0.727. The zero-order valence-electron chi connectivity index (χ0n) is 12.9. The Morgan fingerprint density at radius 3 is 2.87 bits per heavy atom. The van der Waals surface area contributed by atoms with Crippen LogP contribution in [0, 0.1) is 6.92 Å². The summed E-state index contributed by atoms with van der Waals surface area (Å²) < 4.78 is 7.07. The molecule has 0 aromatic carbocycles. The maximum atomic E-state index is 5.47. The molecule has 23 heavy (non-hydrogen) atoms. The summed E-state index contributed by atoms with van der Waals surface area (Å²) in [6.07, 6.45) is 3.39. The maximum Gasteiger partial charge on any atom is 0.231 e. The highest BCUT2D eigenvalue weighted by Crippen LogP contribution is 2.39. The first-order valence-corrected chi connectivity index (χ1v) is 8.05. The van der Waals surface area contributed by atoms with E-state index in [2.05, 4.69) is 30.2 Å². The standard InChI is InChI=1S/C15H17N7O/c1-9-16-12-4-5-13(19-22(12)18-9)21-7-6-11(8-21)15-17-14(20-23-15)10-2-3-10/h4-5,10-11H,2-3,6-8H2,1H3. The van der Waals surface area contributed by atoms with Gasteiger partial charge in [0, 0.05) is 19.0 Å². The van der Waals surface area contributed by atoms with E-state index in [1.807, 2.05) is 19.1 Å². The third-order valence-corrected chi connectivity index (χ3v) is 4.56. The first-order chi connectivity index (χ1) is 11.3. The first-order valence-electron chi connectivity index (χ1n) is 8.05. The Hall–Kier alpha value is -2.51. The molecule has 2 aliphatic rings. The minimum atomic E-state index is 0.282. The zero-order valence-corrected chi connectivity index (χ0v) is 12.9. The summed E-state index contributed by atoms with van der Waals surface area (Å²) in [5, 5.41) is 13.0. The second-order valence-corrected chi connectivity index (χ2v) is 6.39. The molecule has 8 nitrogen and oxygen atoms in total. The minimum absolute atomic E-state index is 0.282. The van der Waals surface area contributed by atoms with Gasteiger partial charge in [-0.3, -0.25) is 0 Å². The van der Waals surface area contributed by atoms with E-state index in [0.29, 0.717) is 5.92 Å². The van der Waals surface area contributed by atoms with Gasteiger partial charge in [0.15, 0.2) is 17.3 Å². The van der Waals surface area contributed by atoms with E-state index >= 15 is 0 Å². The molecule has 8 heteroatoms. The van der Waals surface area contributed by atoms with Crippen molar-refractivity contribution in [3.8, 4) is 0 Å². The molecule has 0 amide bonds. The molecule has 2 fully saturated rings. The fraction of sp³-hybridized carbons (Fsp3) is 0.533. The van der Waals surface area contributed by atoms with Gasteiger partial charge in [-0.2, -0.15) is 4.98 Å². The molecule has 1 atom stereocenters. The van der Waals surface area contributed by atoms with Crippen molar-refractivity contribution in [1.29, 1.82) is 0 Å². The largest absolute Gasteiger partial charge is 0.354 e. The van der Waals surface area contributed by atoms with Gasteiger partial charge in [0.1, 0.15) is 5.82 Å². The van der Waals surface area contributed by atoms with Gasteiger partial charge in [0.2, 0.25) is 5.89 Å². The summed E-state index contributed by atoms with van der Waals surface area (Å²) >= 11 is 0. The van der Waals surface area contributed by atoms with Crippen molar-refractivity contribution in [2.45, 2.75) is 38.0 Å². The molecule has 4 heterocycles. The number of aryl methyl sites for hydroxylation is 1. The van der Waals surface area contributed by atoms with E-state index in [4.69, 9.17) is 4.52 Å². The van der Waals surface area contributed by atoms with Crippen molar-refractivity contribution in [2.75, 3.05) is 18.0 Å². The lowest BCUT2D eigenvalue weighted by molar-refractivity contribution is 0.355. The van der Waals surface area contributed by atoms with Crippen molar-refractivity contribution >= 4 is 11.5 Å². The number of hydrogen-bond acceptors (Lipinski definition) is 7. The molecule has 5 rings (SSSR count). The van der Waals surface area contributed by atoms with Gasteiger partial charge in [-0.25, -0.2) is 4.98 Å². The Balaban J connectivity index is 1.36. The van der Waals surface area contributed by atoms with Crippen LogP contribution in [-0.2, 0) is 0 Å². The van der Waals surface area contributed by atoms with Crippen LogP contribution in [0.15, 0.2) is 16.7 Å². The van der Waals surface area contributed by atoms with Crippen LogP contribution in [0.4, 0.5) is 5.82 Å². The summed E-state index contributed by atoms with van der Waals surface area (Å²) in [6.45, 7) is 3.64. The topological polar surface area (TPSA) is 85.2 Å². The van der Waals surface area contributed by atoms with Crippen LogP contribution < -0.4 is 4.90 Å². The Bertz CT molecular complexity index is 866. The third-order valence-electron chi connectivity index (χ3n) is 4.56. The highest BCUT2D eigenvalue weighted by Gasteiger charge is 2.33. The molecule has 1 aliphatic heterocycles. The first kappa shape index (κ1) is 13.0. The Kier molecular flexibility index (Phi) is 2.67. The molecular weight excluding hydrogens is 294 g/mol.